The molecule has 2 aliphatic heterocycles. The summed E-state index contributed by atoms with van der Waals surface area (Å²) in [6.45, 7) is 4.80. The number of para-hydroxylation sites is 1. The van der Waals surface area contributed by atoms with Crippen molar-refractivity contribution in [2.24, 2.45) is 10.9 Å². The normalized spacial score (nSPS) is 20.8. The van der Waals surface area contributed by atoms with E-state index in [1.807, 2.05) is 60.4 Å². The van der Waals surface area contributed by atoms with E-state index in [0.29, 0.717) is 31.8 Å². The van der Waals surface area contributed by atoms with Gasteiger partial charge in [-0.3, -0.25) is 9.59 Å². The molecule has 1 fully saturated rings. The van der Waals surface area contributed by atoms with Crippen LogP contribution in [0, 0.1) is 12.8 Å². The number of aliphatic imine (C=N–C) groups is 1. The summed E-state index contributed by atoms with van der Waals surface area (Å²) in [4.78, 5) is 30.5. The Balaban J connectivity index is 1.33. The van der Waals surface area contributed by atoms with Crippen molar-refractivity contribution < 1.29 is 24.2 Å². The zero-order chi connectivity index (χ0) is 23.4. The molecule has 0 saturated carbocycles. The van der Waals surface area contributed by atoms with Crippen LogP contribution in [-0.4, -0.2) is 53.0 Å². The summed E-state index contributed by atoms with van der Waals surface area (Å²) in [6.07, 6.45) is 2.20. The van der Waals surface area contributed by atoms with Gasteiger partial charge in [0.25, 0.3) is 0 Å². The van der Waals surface area contributed by atoms with E-state index in [1.165, 1.54) is 0 Å². The Labute approximate surface area is 194 Å². The topological polar surface area (TPSA) is 88.4 Å². The first kappa shape index (κ1) is 22.8. The Kier molecular flexibility index (Phi) is 6.96. The third-order valence-electron chi connectivity index (χ3n) is 6.23. The van der Waals surface area contributed by atoms with Crippen molar-refractivity contribution in [2.45, 2.75) is 51.7 Å². The maximum absolute atomic E-state index is 13.1. The number of ether oxygens (including phenoxy) is 2. The van der Waals surface area contributed by atoms with E-state index in [9.17, 15) is 9.59 Å². The van der Waals surface area contributed by atoms with Gasteiger partial charge in [-0.2, -0.15) is 0 Å². The van der Waals surface area contributed by atoms with E-state index >= 15 is 0 Å². The lowest BCUT2D eigenvalue weighted by atomic mass is 10.0. The van der Waals surface area contributed by atoms with Crippen molar-refractivity contribution in [3.63, 3.8) is 0 Å². The molecule has 2 aromatic rings. The minimum Gasteiger partial charge on any atom is -0.481 e. The Morgan fingerprint density at radius 2 is 1.97 bits per heavy atom. The fourth-order valence-electron chi connectivity index (χ4n) is 4.31. The molecule has 1 saturated heterocycles. The predicted molar refractivity (Wildman–Crippen MR) is 125 cm³/mol. The van der Waals surface area contributed by atoms with Gasteiger partial charge < -0.3 is 19.5 Å². The molecule has 33 heavy (non-hydrogen) atoms. The number of carboxylic acids is 1. The van der Waals surface area contributed by atoms with Crippen LogP contribution in [0.1, 0.15) is 37.3 Å². The SMILES string of the molecule is Cc1ccccc1Oc1ccc(CC(=O)N2CCCC2C2=NCC(CC(C)C(=O)O)O2)cc1. The highest BCUT2D eigenvalue weighted by Gasteiger charge is 2.37. The number of hydrogen-bond donors (Lipinski definition) is 1. The third kappa shape index (κ3) is 5.53. The minimum absolute atomic E-state index is 0.0405. The summed E-state index contributed by atoms with van der Waals surface area (Å²) in [6, 6.07) is 15.3. The number of rotatable bonds is 8. The van der Waals surface area contributed by atoms with Crippen LogP contribution >= 0.6 is 0 Å². The van der Waals surface area contributed by atoms with Crippen molar-refractivity contribution in [2.75, 3.05) is 13.1 Å². The minimum atomic E-state index is -0.833. The van der Waals surface area contributed by atoms with Gasteiger partial charge in [0.05, 0.1) is 18.9 Å². The molecule has 4 rings (SSSR count). The van der Waals surface area contributed by atoms with Crippen LogP contribution in [0.4, 0.5) is 0 Å². The van der Waals surface area contributed by atoms with Gasteiger partial charge in [0, 0.05) is 6.54 Å². The van der Waals surface area contributed by atoms with Gasteiger partial charge >= 0.3 is 5.97 Å². The molecule has 174 valence electrons. The molecular weight excluding hydrogens is 420 g/mol. The fourth-order valence-corrected chi connectivity index (χ4v) is 4.31. The zero-order valence-corrected chi connectivity index (χ0v) is 19.1. The number of aryl methyl sites for hydroxylation is 1. The summed E-state index contributed by atoms with van der Waals surface area (Å²) < 4.78 is 11.9. The molecule has 1 amide bonds. The average molecular weight is 451 g/mol. The van der Waals surface area contributed by atoms with Crippen LogP contribution in [0.3, 0.4) is 0 Å². The van der Waals surface area contributed by atoms with Gasteiger partial charge in [-0.15, -0.1) is 0 Å². The number of carboxylic acid groups (broad SMARTS) is 1. The number of benzene rings is 2. The fraction of sp³-hybridized carbons (Fsp3) is 0.423. The highest BCUT2D eigenvalue weighted by atomic mass is 16.5. The summed E-state index contributed by atoms with van der Waals surface area (Å²) in [5.74, 6) is 0.845. The molecule has 3 unspecified atom stereocenters. The summed E-state index contributed by atoms with van der Waals surface area (Å²) >= 11 is 0. The van der Waals surface area contributed by atoms with Crippen molar-refractivity contribution in [1.82, 2.24) is 4.90 Å². The first-order valence-electron chi connectivity index (χ1n) is 11.5. The Bertz CT molecular complexity index is 1030. The van der Waals surface area contributed by atoms with E-state index < -0.39 is 11.9 Å². The number of aliphatic carboxylic acids is 1. The van der Waals surface area contributed by atoms with Crippen molar-refractivity contribution in [1.29, 1.82) is 0 Å². The molecule has 2 aliphatic rings. The lowest BCUT2D eigenvalue weighted by Crippen LogP contribution is -2.42. The second kappa shape index (κ2) is 10.1. The molecule has 7 heteroatoms. The van der Waals surface area contributed by atoms with Crippen molar-refractivity contribution >= 4 is 17.8 Å². The monoisotopic (exact) mass is 450 g/mol. The highest BCUT2D eigenvalue weighted by molar-refractivity contribution is 5.90. The zero-order valence-electron chi connectivity index (χ0n) is 19.1. The quantitative estimate of drug-likeness (QED) is 0.650. The molecular formula is C26H30N2O5. The smallest absolute Gasteiger partial charge is 0.306 e. The van der Waals surface area contributed by atoms with Gasteiger partial charge in [0.2, 0.25) is 11.8 Å². The molecule has 0 spiro atoms. The number of carbonyl (C=O) groups excluding carboxylic acids is 1. The standard InChI is InChI=1S/C26H30N2O5/c1-17-6-3-4-8-23(17)32-20-11-9-19(10-12-20)15-24(29)28-13-5-7-22(28)25-27-16-21(33-25)14-18(2)26(30)31/h3-4,6,8-12,18,21-22H,5,7,13-16H2,1-2H3,(H,30,31). The molecule has 0 aliphatic carbocycles. The van der Waals surface area contributed by atoms with Crippen LogP contribution in [0.5, 0.6) is 11.5 Å². The van der Waals surface area contributed by atoms with Crippen LogP contribution < -0.4 is 4.74 Å². The van der Waals surface area contributed by atoms with Crippen molar-refractivity contribution in [3.8, 4) is 11.5 Å². The predicted octanol–water partition coefficient (Wildman–Crippen LogP) is 4.23. The molecule has 0 aromatic heterocycles. The van der Waals surface area contributed by atoms with Crippen LogP contribution in [-0.2, 0) is 20.7 Å². The van der Waals surface area contributed by atoms with Crippen LogP contribution in [0.25, 0.3) is 0 Å². The van der Waals surface area contributed by atoms with E-state index in [-0.39, 0.29) is 18.1 Å². The number of amides is 1. The lowest BCUT2D eigenvalue weighted by Gasteiger charge is -2.25. The van der Waals surface area contributed by atoms with Crippen LogP contribution in [0.2, 0.25) is 0 Å². The van der Waals surface area contributed by atoms with Crippen molar-refractivity contribution in [3.05, 3.63) is 59.7 Å². The Morgan fingerprint density at radius 1 is 1.21 bits per heavy atom. The van der Waals surface area contributed by atoms with E-state index in [0.717, 1.165) is 35.5 Å². The number of carbonyl (C=O) groups is 2. The third-order valence-corrected chi connectivity index (χ3v) is 6.23. The largest absolute Gasteiger partial charge is 0.481 e. The van der Waals surface area contributed by atoms with Crippen LogP contribution in [0.15, 0.2) is 53.5 Å². The molecule has 3 atom stereocenters. The Hall–Kier alpha value is -3.35. The van der Waals surface area contributed by atoms with Gasteiger partial charge in [0.1, 0.15) is 23.6 Å². The molecule has 2 aromatic carbocycles. The number of nitrogens with zero attached hydrogens (tertiary/aromatic N) is 2. The molecule has 0 bridgehead atoms. The lowest BCUT2D eigenvalue weighted by molar-refractivity contribution is -0.142. The summed E-state index contributed by atoms with van der Waals surface area (Å²) in [5.41, 5.74) is 1.98. The first-order valence-corrected chi connectivity index (χ1v) is 11.5. The second-order valence-corrected chi connectivity index (χ2v) is 8.83. The maximum atomic E-state index is 13.1. The van der Waals surface area contributed by atoms with Gasteiger partial charge in [0.15, 0.2) is 0 Å². The number of hydrogen-bond acceptors (Lipinski definition) is 5. The molecule has 1 N–H and O–H groups in total. The maximum Gasteiger partial charge on any atom is 0.306 e. The van der Waals surface area contributed by atoms with Gasteiger partial charge in [-0.05, 0) is 55.5 Å². The summed E-state index contributed by atoms with van der Waals surface area (Å²) in [5, 5.41) is 9.12. The Morgan fingerprint density at radius 3 is 2.70 bits per heavy atom. The molecule has 2 heterocycles. The number of likely N-dealkylation sites (tertiary alicyclic amines) is 1. The van der Waals surface area contributed by atoms with E-state index in [1.54, 1.807) is 6.92 Å². The second-order valence-electron chi connectivity index (χ2n) is 8.83. The first-order chi connectivity index (χ1) is 15.9. The molecule has 0 radical (unpaired) electrons. The van der Waals surface area contributed by atoms with Gasteiger partial charge in [-0.1, -0.05) is 37.3 Å². The van der Waals surface area contributed by atoms with Gasteiger partial charge in [-0.25, -0.2) is 4.99 Å². The van der Waals surface area contributed by atoms with E-state index in [4.69, 9.17) is 14.6 Å². The average Bonchev–Trinajstić information content (AvgIpc) is 3.46. The summed E-state index contributed by atoms with van der Waals surface area (Å²) in [7, 11) is 0. The molecule has 7 nitrogen and oxygen atoms in total. The highest BCUT2D eigenvalue weighted by Crippen LogP contribution is 2.27. The van der Waals surface area contributed by atoms with E-state index in [2.05, 4.69) is 4.99 Å².